The van der Waals surface area contributed by atoms with Gasteiger partial charge >= 0.3 is 0 Å². The molecule has 0 unspecified atom stereocenters. The number of carbonyl (C=O) groups excluding carboxylic acids is 2. The summed E-state index contributed by atoms with van der Waals surface area (Å²) >= 11 is 0. The topological polar surface area (TPSA) is 75.6 Å². The molecule has 3 rings (SSSR count). The maximum Gasteiger partial charge on any atom is 0.238 e. The maximum atomic E-state index is 12.6. The van der Waals surface area contributed by atoms with Gasteiger partial charge in [-0.2, -0.15) is 0 Å². The Hall–Kier alpha value is -2.80. The van der Waals surface area contributed by atoms with Gasteiger partial charge in [0, 0.05) is 43.6 Å². The monoisotopic (exact) mass is 356 g/mol. The van der Waals surface area contributed by atoms with Crippen LogP contribution < -0.4 is 15.4 Å². The minimum Gasteiger partial charge on any atom is -0.495 e. The van der Waals surface area contributed by atoms with E-state index in [0.29, 0.717) is 23.7 Å². The van der Waals surface area contributed by atoms with Crippen molar-refractivity contribution in [3.05, 3.63) is 42.2 Å². The zero-order chi connectivity index (χ0) is 18.7. The Kier molecular flexibility index (Phi) is 5.27. The van der Waals surface area contributed by atoms with Crippen LogP contribution in [0.15, 0.2) is 36.5 Å². The standard InChI is InChI=1S/C19H24N4O3/c1-13-17-5-4-8-22(17)9-10-23(13)12-19(25)21-16-11-15(20-14(2)24)6-7-18(16)26-3/h4-8,11,13H,9-10,12H2,1-3H3,(H,20,24)(H,21,25)/t13-/m0/s1. The molecule has 1 aromatic carbocycles. The number of nitrogens with zero attached hydrogens (tertiary/aromatic N) is 2. The molecule has 2 aromatic rings. The summed E-state index contributed by atoms with van der Waals surface area (Å²) in [7, 11) is 1.55. The summed E-state index contributed by atoms with van der Waals surface area (Å²) in [6.07, 6.45) is 2.07. The molecule has 0 bridgehead atoms. The fourth-order valence-electron chi connectivity index (χ4n) is 3.30. The average molecular weight is 356 g/mol. The Morgan fingerprint density at radius 2 is 2.04 bits per heavy atom. The van der Waals surface area contributed by atoms with Crippen LogP contribution in [0.5, 0.6) is 5.75 Å². The number of hydrogen-bond donors (Lipinski definition) is 2. The SMILES string of the molecule is COc1ccc(NC(C)=O)cc1NC(=O)CN1CCn2cccc2[C@@H]1C. The van der Waals surface area contributed by atoms with Crippen LogP contribution in [0.2, 0.25) is 0 Å². The van der Waals surface area contributed by atoms with Crippen LogP contribution in [0.1, 0.15) is 25.6 Å². The van der Waals surface area contributed by atoms with Gasteiger partial charge in [0.05, 0.1) is 19.3 Å². The number of benzene rings is 1. The average Bonchev–Trinajstić information content (AvgIpc) is 3.06. The van der Waals surface area contributed by atoms with Gasteiger partial charge in [0.2, 0.25) is 11.8 Å². The van der Waals surface area contributed by atoms with Gasteiger partial charge in [-0.15, -0.1) is 0 Å². The Labute approximate surface area is 152 Å². The Balaban J connectivity index is 1.69. The maximum absolute atomic E-state index is 12.6. The molecule has 26 heavy (non-hydrogen) atoms. The number of rotatable bonds is 5. The molecule has 0 spiro atoms. The molecule has 1 aromatic heterocycles. The van der Waals surface area contributed by atoms with Crippen molar-refractivity contribution in [3.8, 4) is 5.75 Å². The van der Waals surface area contributed by atoms with Crippen LogP contribution in [0, 0.1) is 0 Å². The molecular weight excluding hydrogens is 332 g/mol. The number of amides is 2. The molecule has 1 aliphatic heterocycles. The van der Waals surface area contributed by atoms with E-state index in [-0.39, 0.29) is 17.9 Å². The van der Waals surface area contributed by atoms with E-state index >= 15 is 0 Å². The number of carbonyl (C=O) groups is 2. The fraction of sp³-hybridized carbons (Fsp3) is 0.368. The lowest BCUT2D eigenvalue weighted by Gasteiger charge is -2.34. The highest BCUT2D eigenvalue weighted by Gasteiger charge is 2.25. The molecule has 0 fully saturated rings. The van der Waals surface area contributed by atoms with Gasteiger partial charge in [0.25, 0.3) is 0 Å². The first-order valence-electron chi connectivity index (χ1n) is 8.62. The van der Waals surface area contributed by atoms with Crippen molar-refractivity contribution in [3.63, 3.8) is 0 Å². The summed E-state index contributed by atoms with van der Waals surface area (Å²) < 4.78 is 7.53. The summed E-state index contributed by atoms with van der Waals surface area (Å²) in [5.41, 5.74) is 2.36. The molecule has 1 atom stereocenters. The van der Waals surface area contributed by atoms with E-state index < -0.39 is 0 Å². The second kappa shape index (κ2) is 7.61. The molecule has 138 valence electrons. The Morgan fingerprint density at radius 1 is 1.23 bits per heavy atom. The molecule has 0 saturated heterocycles. The van der Waals surface area contributed by atoms with E-state index in [1.807, 2.05) is 6.07 Å². The molecule has 2 amide bonds. The quantitative estimate of drug-likeness (QED) is 0.863. The van der Waals surface area contributed by atoms with Crippen molar-refractivity contribution >= 4 is 23.2 Å². The molecular formula is C19H24N4O3. The van der Waals surface area contributed by atoms with E-state index in [2.05, 4.69) is 39.3 Å². The van der Waals surface area contributed by atoms with Crippen LogP contribution in [-0.4, -0.2) is 41.5 Å². The lowest BCUT2D eigenvalue weighted by Crippen LogP contribution is -2.41. The highest BCUT2D eigenvalue weighted by molar-refractivity contribution is 5.95. The molecule has 0 aliphatic carbocycles. The summed E-state index contributed by atoms with van der Waals surface area (Å²) in [5.74, 6) is 0.265. The number of nitrogens with one attached hydrogen (secondary N) is 2. The van der Waals surface area contributed by atoms with Gasteiger partial charge in [0.1, 0.15) is 5.75 Å². The number of ether oxygens (including phenoxy) is 1. The van der Waals surface area contributed by atoms with Gasteiger partial charge < -0.3 is 19.9 Å². The van der Waals surface area contributed by atoms with E-state index in [4.69, 9.17) is 4.74 Å². The highest BCUT2D eigenvalue weighted by atomic mass is 16.5. The third-order valence-corrected chi connectivity index (χ3v) is 4.61. The number of hydrogen-bond acceptors (Lipinski definition) is 4. The first-order valence-corrected chi connectivity index (χ1v) is 8.62. The zero-order valence-electron chi connectivity index (χ0n) is 15.3. The number of fused-ring (bicyclic) bond motifs is 1. The van der Waals surface area contributed by atoms with Crippen molar-refractivity contribution in [2.45, 2.75) is 26.4 Å². The van der Waals surface area contributed by atoms with E-state index in [9.17, 15) is 9.59 Å². The van der Waals surface area contributed by atoms with E-state index in [0.717, 1.165) is 13.1 Å². The van der Waals surface area contributed by atoms with Crippen LogP contribution in [-0.2, 0) is 16.1 Å². The Morgan fingerprint density at radius 3 is 2.77 bits per heavy atom. The van der Waals surface area contributed by atoms with Gasteiger partial charge in [0.15, 0.2) is 0 Å². The molecule has 1 aliphatic rings. The summed E-state index contributed by atoms with van der Waals surface area (Å²) in [6, 6.07) is 9.46. The van der Waals surface area contributed by atoms with Crippen LogP contribution in [0.25, 0.3) is 0 Å². The van der Waals surface area contributed by atoms with Crippen LogP contribution >= 0.6 is 0 Å². The Bertz CT molecular complexity index is 815. The van der Waals surface area contributed by atoms with Crippen molar-refractivity contribution in [1.82, 2.24) is 9.47 Å². The first kappa shape index (κ1) is 18.0. The van der Waals surface area contributed by atoms with Crippen molar-refractivity contribution < 1.29 is 14.3 Å². The minimum atomic E-state index is -0.169. The molecule has 7 heteroatoms. The van der Waals surface area contributed by atoms with Crippen LogP contribution in [0.4, 0.5) is 11.4 Å². The van der Waals surface area contributed by atoms with Crippen molar-refractivity contribution in [2.75, 3.05) is 30.8 Å². The second-order valence-corrected chi connectivity index (χ2v) is 6.42. The van der Waals surface area contributed by atoms with E-state index in [1.165, 1.54) is 12.6 Å². The van der Waals surface area contributed by atoms with Gasteiger partial charge in [-0.05, 0) is 37.3 Å². The molecule has 0 radical (unpaired) electrons. The molecule has 0 saturated carbocycles. The summed E-state index contributed by atoms with van der Waals surface area (Å²) in [4.78, 5) is 26.0. The lowest BCUT2D eigenvalue weighted by atomic mass is 10.1. The van der Waals surface area contributed by atoms with Crippen molar-refractivity contribution in [2.24, 2.45) is 0 Å². The van der Waals surface area contributed by atoms with Gasteiger partial charge in [-0.3, -0.25) is 14.5 Å². The number of aromatic nitrogens is 1. The number of methoxy groups -OCH3 is 1. The number of anilines is 2. The zero-order valence-corrected chi connectivity index (χ0v) is 15.3. The molecule has 7 nitrogen and oxygen atoms in total. The van der Waals surface area contributed by atoms with Gasteiger partial charge in [-0.1, -0.05) is 0 Å². The van der Waals surface area contributed by atoms with Crippen LogP contribution in [0.3, 0.4) is 0 Å². The second-order valence-electron chi connectivity index (χ2n) is 6.42. The smallest absolute Gasteiger partial charge is 0.238 e. The van der Waals surface area contributed by atoms with Gasteiger partial charge in [-0.25, -0.2) is 0 Å². The predicted octanol–water partition coefficient (Wildman–Crippen LogP) is 2.47. The lowest BCUT2D eigenvalue weighted by molar-refractivity contribution is -0.118. The summed E-state index contributed by atoms with van der Waals surface area (Å²) in [5, 5.41) is 5.60. The minimum absolute atomic E-state index is 0.116. The predicted molar refractivity (Wildman–Crippen MR) is 100 cm³/mol. The summed E-state index contributed by atoms with van der Waals surface area (Å²) in [6.45, 7) is 5.53. The molecule has 2 N–H and O–H groups in total. The van der Waals surface area contributed by atoms with E-state index in [1.54, 1.807) is 25.3 Å². The third-order valence-electron chi connectivity index (χ3n) is 4.61. The van der Waals surface area contributed by atoms with Crippen molar-refractivity contribution in [1.29, 1.82) is 0 Å². The normalized spacial score (nSPS) is 16.7. The highest BCUT2D eigenvalue weighted by Crippen LogP contribution is 2.29. The fourth-order valence-corrected chi connectivity index (χ4v) is 3.30. The molecule has 2 heterocycles. The first-order chi connectivity index (χ1) is 12.5. The largest absolute Gasteiger partial charge is 0.495 e. The third kappa shape index (κ3) is 3.88.